The van der Waals surface area contributed by atoms with Crippen molar-refractivity contribution in [3.05, 3.63) is 84.7 Å². The first kappa shape index (κ1) is 28.3. The molecule has 1 aliphatic heterocycles. The quantitative estimate of drug-likeness (QED) is 0.174. The van der Waals surface area contributed by atoms with Gasteiger partial charge in [0.15, 0.2) is 0 Å². The molecule has 9 nitrogen and oxygen atoms in total. The molecule has 0 spiro atoms. The lowest BCUT2D eigenvalue weighted by Gasteiger charge is -2.30. The van der Waals surface area contributed by atoms with Crippen molar-refractivity contribution in [1.29, 1.82) is 0 Å². The van der Waals surface area contributed by atoms with E-state index in [9.17, 15) is 9.90 Å². The molecule has 1 aromatic heterocycles. The molecule has 0 saturated carbocycles. The Hall–Kier alpha value is -4.21. The van der Waals surface area contributed by atoms with Gasteiger partial charge in [-0.1, -0.05) is 30.3 Å². The van der Waals surface area contributed by atoms with Gasteiger partial charge in [0.25, 0.3) is 0 Å². The van der Waals surface area contributed by atoms with E-state index in [1.165, 1.54) is 0 Å². The Kier molecular flexibility index (Phi) is 9.97. The lowest BCUT2D eigenvalue weighted by molar-refractivity contribution is 0.126. The largest absolute Gasteiger partial charge is 0.493 e. The number of carbonyl (C=O) groups is 1. The summed E-state index contributed by atoms with van der Waals surface area (Å²) in [6, 6.07) is 22.9. The topological polar surface area (TPSA) is 112 Å². The van der Waals surface area contributed by atoms with Gasteiger partial charge in [-0.2, -0.15) is 0 Å². The number of anilines is 3. The normalized spacial score (nSPS) is 14.1. The monoisotopic (exact) mass is 554 g/mol. The molecule has 4 aromatic rings. The zero-order chi connectivity index (χ0) is 28.3. The molecule has 2 heterocycles. The number of amides is 2. The van der Waals surface area contributed by atoms with Crippen LogP contribution in [0.4, 0.5) is 22.0 Å². The summed E-state index contributed by atoms with van der Waals surface area (Å²) in [6.07, 6.45) is 5.51. The van der Waals surface area contributed by atoms with Crippen LogP contribution in [0.3, 0.4) is 0 Å². The first-order valence-corrected chi connectivity index (χ1v) is 14.3. The molecule has 2 amide bonds. The molecule has 214 valence electrons. The van der Waals surface area contributed by atoms with Gasteiger partial charge in [0, 0.05) is 42.5 Å². The summed E-state index contributed by atoms with van der Waals surface area (Å²) in [7, 11) is 0. The minimum atomic E-state index is -0.273. The number of aliphatic hydroxyl groups excluding tert-OH is 1. The summed E-state index contributed by atoms with van der Waals surface area (Å²) in [5.74, 6) is 2.08. The highest BCUT2D eigenvalue weighted by Crippen LogP contribution is 2.24. The average molecular weight is 555 g/mol. The predicted octanol–water partition coefficient (Wildman–Crippen LogP) is 5.40. The van der Waals surface area contributed by atoms with E-state index in [1.54, 1.807) is 6.33 Å². The summed E-state index contributed by atoms with van der Waals surface area (Å²) >= 11 is 0. The second-order valence-corrected chi connectivity index (χ2v) is 10.4. The molecule has 0 atom stereocenters. The molecule has 0 bridgehead atoms. The summed E-state index contributed by atoms with van der Waals surface area (Å²) < 4.78 is 6.01. The molecule has 1 saturated heterocycles. The zero-order valence-corrected chi connectivity index (χ0v) is 23.3. The van der Waals surface area contributed by atoms with Crippen molar-refractivity contribution in [3.8, 4) is 5.75 Å². The van der Waals surface area contributed by atoms with E-state index in [1.807, 2.05) is 72.8 Å². The maximum Gasteiger partial charge on any atom is 0.323 e. The number of rotatable bonds is 12. The van der Waals surface area contributed by atoms with Crippen LogP contribution in [0.5, 0.6) is 5.75 Å². The number of nitrogens with one attached hydrogen (secondary N) is 3. The molecule has 0 aliphatic carbocycles. The maximum absolute atomic E-state index is 12.2. The molecular formula is C32H38N6O3. The van der Waals surface area contributed by atoms with Crippen LogP contribution in [0, 0.1) is 5.92 Å². The SMILES string of the molecule is O=C(Nc1ccccc1)Nc1ccc(CCNc2ncnc3cc(OCCCN4CCC(CO)CC4)ccc23)cc1. The number of likely N-dealkylation sites (tertiary alicyclic amines) is 1. The number of aliphatic hydroxyl groups is 1. The van der Waals surface area contributed by atoms with Gasteiger partial charge in [0.1, 0.15) is 17.9 Å². The fourth-order valence-corrected chi connectivity index (χ4v) is 5.03. The summed E-state index contributed by atoms with van der Waals surface area (Å²) in [6.45, 7) is 4.82. The van der Waals surface area contributed by atoms with Crippen LogP contribution in [-0.4, -0.2) is 65.4 Å². The molecule has 1 aliphatic rings. The van der Waals surface area contributed by atoms with Crippen LogP contribution in [0.15, 0.2) is 79.1 Å². The Labute approximate surface area is 241 Å². The Morgan fingerprint density at radius 2 is 1.71 bits per heavy atom. The number of piperidine rings is 1. The number of fused-ring (bicyclic) bond motifs is 1. The number of ether oxygens (including phenoxy) is 1. The highest BCUT2D eigenvalue weighted by atomic mass is 16.5. The Morgan fingerprint density at radius 3 is 2.46 bits per heavy atom. The van der Waals surface area contributed by atoms with Crippen molar-refractivity contribution in [2.45, 2.75) is 25.7 Å². The summed E-state index contributed by atoms with van der Waals surface area (Å²) in [4.78, 5) is 23.6. The number of hydrogen-bond acceptors (Lipinski definition) is 7. The van der Waals surface area contributed by atoms with Crippen LogP contribution in [0.25, 0.3) is 10.9 Å². The second kappa shape index (κ2) is 14.4. The van der Waals surface area contributed by atoms with E-state index >= 15 is 0 Å². The number of benzene rings is 3. The van der Waals surface area contributed by atoms with E-state index in [2.05, 4.69) is 30.8 Å². The first-order chi connectivity index (χ1) is 20.2. The average Bonchev–Trinajstić information content (AvgIpc) is 3.01. The van der Waals surface area contributed by atoms with Crippen molar-refractivity contribution in [3.63, 3.8) is 0 Å². The fourth-order valence-electron chi connectivity index (χ4n) is 5.03. The molecule has 41 heavy (non-hydrogen) atoms. The van der Waals surface area contributed by atoms with Gasteiger partial charge in [-0.25, -0.2) is 14.8 Å². The Bertz CT molecular complexity index is 1390. The summed E-state index contributed by atoms with van der Waals surface area (Å²) in [5, 5.41) is 19.4. The highest BCUT2D eigenvalue weighted by Gasteiger charge is 2.17. The van der Waals surface area contributed by atoms with E-state index < -0.39 is 0 Å². The molecular weight excluding hydrogens is 516 g/mol. The van der Waals surface area contributed by atoms with Gasteiger partial charge < -0.3 is 30.7 Å². The molecule has 4 N–H and O–H groups in total. The smallest absolute Gasteiger partial charge is 0.323 e. The number of nitrogens with zero attached hydrogens (tertiary/aromatic N) is 3. The minimum Gasteiger partial charge on any atom is -0.493 e. The van der Waals surface area contributed by atoms with Crippen molar-refractivity contribution in [2.24, 2.45) is 5.92 Å². The fraction of sp³-hybridized carbons (Fsp3) is 0.344. The third kappa shape index (κ3) is 8.39. The van der Waals surface area contributed by atoms with Crippen molar-refractivity contribution < 1.29 is 14.6 Å². The van der Waals surface area contributed by atoms with E-state index in [0.29, 0.717) is 25.7 Å². The number of para-hydroxylation sites is 1. The maximum atomic E-state index is 12.2. The van der Waals surface area contributed by atoms with E-state index in [4.69, 9.17) is 4.74 Å². The van der Waals surface area contributed by atoms with Crippen molar-refractivity contribution in [1.82, 2.24) is 14.9 Å². The predicted molar refractivity (Wildman–Crippen MR) is 164 cm³/mol. The van der Waals surface area contributed by atoms with Crippen molar-refractivity contribution in [2.75, 3.05) is 55.3 Å². The van der Waals surface area contributed by atoms with Crippen molar-refractivity contribution >= 4 is 34.1 Å². The van der Waals surface area contributed by atoms with Crippen LogP contribution < -0.4 is 20.7 Å². The highest BCUT2D eigenvalue weighted by molar-refractivity contribution is 5.99. The third-order valence-electron chi connectivity index (χ3n) is 7.41. The number of aromatic nitrogens is 2. The molecule has 0 radical (unpaired) electrons. The van der Waals surface area contributed by atoms with Gasteiger partial charge >= 0.3 is 6.03 Å². The minimum absolute atomic E-state index is 0.273. The van der Waals surface area contributed by atoms with Crippen LogP contribution in [-0.2, 0) is 6.42 Å². The molecule has 5 rings (SSSR count). The first-order valence-electron chi connectivity index (χ1n) is 14.3. The zero-order valence-electron chi connectivity index (χ0n) is 23.3. The van der Waals surface area contributed by atoms with Gasteiger partial charge in [-0.05, 0) is 86.7 Å². The van der Waals surface area contributed by atoms with Crippen LogP contribution in [0.1, 0.15) is 24.8 Å². The number of hydrogen-bond donors (Lipinski definition) is 4. The standard InChI is InChI=1S/C32H38N6O3/c39-22-25-14-18-38(19-15-25)17-4-20-41-28-11-12-29-30(21-28)34-23-35-31(29)33-16-13-24-7-9-27(10-8-24)37-32(40)36-26-5-2-1-3-6-26/h1-3,5-12,21,23,25,39H,4,13-20,22H2,(H,33,34,35)(H2,36,37,40). The molecule has 0 unspecified atom stereocenters. The lowest BCUT2D eigenvalue weighted by Crippen LogP contribution is -2.35. The van der Waals surface area contributed by atoms with E-state index in [-0.39, 0.29) is 6.03 Å². The number of urea groups is 1. The van der Waals surface area contributed by atoms with Gasteiger partial charge in [0.05, 0.1) is 12.1 Å². The Morgan fingerprint density at radius 1 is 0.951 bits per heavy atom. The van der Waals surface area contributed by atoms with Gasteiger partial charge in [-0.15, -0.1) is 0 Å². The molecule has 1 fully saturated rings. The summed E-state index contributed by atoms with van der Waals surface area (Å²) in [5.41, 5.74) is 3.47. The molecule has 9 heteroatoms. The number of carbonyl (C=O) groups excluding carboxylic acids is 1. The van der Waals surface area contributed by atoms with Crippen LogP contribution in [0.2, 0.25) is 0 Å². The van der Waals surface area contributed by atoms with Gasteiger partial charge in [0.2, 0.25) is 0 Å². The van der Waals surface area contributed by atoms with Crippen LogP contribution >= 0.6 is 0 Å². The lowest BCUT2D eigenvalue weighted by atomic mass is 9.98. The van der Waals surface area contributed by atoms with E-state index in [0.717, 1.165) is 84.7 Å². The third-order valence-corrected chi connectivity index (χ3v) is 7.41. The second-order valence-electron chi connectivity index (χ2n) is 10.4. The molecule has 3 aromatic carbocycles. The Balaban J connectivity index is 1.05. The van der Waals surface area contributed by atoms with Gasteiger partial charge in [-0.3, -0.25) is 0 Å².